The van der Waals surface area contributed by atoms with Crippen LogP contribution in [0, 0.1) is 0 Å². The molecule has 1 N–H and O–H groups in total. The van der Waals surface area contributed by atoms with Gasteiger partial charge in [0.2, 0.25) is 0 Å². The lowest BCUT2D eigenvalue weighted by atomic mass is 10.1. The Morgan fingerprint density at radius 2 is 1.48 bits per heavy atom. The Hall–Kier alpha value is -2.41. The molecule has 0 aliphatic heterocycles. The maximum Gasteiger partial charge on any atom is 0.416 e. The van der Waals surface area contributed by atoms with Gasteiger partial charge in [-0.2, -0.15) is 13.2 Å². The predicted octanol–water partition coefficient (Wildman–Crippen LogP) is 4.02. The lowest BCUT2D eigenvalue weighted by Gasteiger charge is -2.15. The summed E-state index contributed by atoms with van der Waals surface area (Å²) in [6.07, 6.45) is -4.34. The molecule has 2 aromatic rings. The zero-order valence-electron chi connectivity index (χ0n) is 14.2. The number of hydrogen-bond donors (Lipinski definition) is 1. The minimum atomic E-state index is -4.34. The lowest BCUT2D eigenvalue weighted by Crippen LogP contribution is -2.14. The SMILES string of the molecule is COc1cc(OC)c(OC)cc1CNCc1cccc(C(F)(F)F)c1. The number of ether oxygens (including phenoxy) is 3. The summed E-state index contributed by atoms with van der Waals surface area (Å²) in [5.41, 5.74) is 0.705. The largest absolute Gasteiger partial charge is 0.496 e. The van der Waals surface area contributed by atoms with Crippen LogP contribution >= 0.6 is 0 Å². The van der Waals surface area contributed by atoms with Crippen LogP contribution < -0.4 is 19.5 Å². The summed E-state index contributed by atoms with van der Waals surface area (Å²) in [6, 6.07) is 8.72. The van der Waals surface area contributed by atoms with Crippen LogP contribution in [0.1, 0.15) is 16.7 Å². The number of halogens is 3. The van der Waals surface area contributed by atoms with Gasteiger partial charge in [-0.05, 0) is 17.7 Å². The van der Waals surface area contributed by atoms with Crippen LogP contribution in [0.5, 0.6) is 17.2 Å². The van der Waals surface area contributed by atoms with Crippen molar-refractivity contribution in [2.45, 2.75) is 19.3 Å². The molecule has 0 saturated carbocycles. The summed E-state index contributed by atoms with van der Waals surface area (Å²) >= 11 is 0. The predicted molar refractivity (Wildman–Crippen MR) is 88.1 cm³/mol. The maximum absolute atomic E-state index is 12.7. The molecule has 0 radical (unpaired) electrons. The Bertz CT molecular complexity index is 717. The standard InChI is InChI=1S/C18H20F3NO3/c1-23-15-9-17(25-3)16(24-2)8-13(15)11-22-10-12-5-4-6-14(7-12)18(19,20)21/h4-9,22H,10-11H2,1-3H3. The fourth-order valence-electron chi connectivity index (χ4n) is 2.43. The van der Waals surface area contributed by atoms with Gasteiger partial charge in [-0.25, -0.2) is 0 Å². The number of benzene rings is 2. The molecule has 0 amide bonds. The van der Waals surface area contributed by atoms with Crippen LogP contribution in [0.15, 0.2) is 36.4 Å². The molecule has 0 atom stereocenters. The lowest BCUT2D eigenvalue weighted by molar-refractivity contribution is -0.137. The van der Waals surface area contributed by atoms with Gasteiger partial charge in [-0.15, -0.1) is 0 Å². The highest BCUT2D eigenvalue weighted by Gasteiger charge is 2.30. The van der Waals surface area contributed by atoms with Gasteiger partial charge < -0.3 is 19.5 Å². The van der Waals surface area contributed by atoms with E-state index in [2.05, 4.69) is 5.32 Å². The average molecular weight is 355 g/mol. The van der Waals surface area contributed by atoms with Crippen LogP contribution in [0.2, 0.25) is 0 Å². The second-order valence-corrected chi connectivity index (χ2v) is 5.32. The Balaban J connectivity index is 2.09. The minimum absolute atomic E-state index is 0.293. The Morgan fingerprint density at radius 3 is 2.08 bits per heavy atom. The fourth-order valence-corrected chi connectivity index (χ4v) is 2.43. The van der Waals surface area contributed by atoms with Crippen LogP contribution in [-0.4, -0.2) is 21.3 Å². The molecule has 25 heavy (non-hydrogen) atoms. The molecule has 0 fully saturated rings. The molecule has 4 nitrogen and oxygen atoms in total. The summed E-state index contributed by atoms with van der Waals surface area (Å²) in [5.74, 6) is 1.70. The van der Waals surface area contributed by atoms with Crippen molar-refractivity contribution in [3.05, 3.63) is 53.1 Å². The minimum Gasteiger partial charge on any atom is -0.496 e. The van der Waals surface area contributed by atoms with Gasteiger partial charge in [0.15, 0.2) is 11.5 Å². The van der Waals surface area contributed by atoms with Gasteiger partial charge >= 0.3 is 6.18 Å². The molecule has 0 saturated heterocycles. The highest BCUT2D eigenvalue weighted by molar-refractivity contribution is 5.50. The van der Waals surface area contributed by atoms with E-state index in [0.29, 0.717) is 35.9 Å². The molecule has 0 aliphatic rings. The number of nitrogens with one attached hydrogen (secondary N) is 1. The smallest absolute Gasteiger partial charge is 0.416 e. The topological polar surface area (TPSA) is 39.7 Å². The van der Waals surface area contributed by atoms with Crippen molar-refractivity contribution in [2.24, 2.45) is 0 Å². The van der Waals surface area contributed by atoms with Crippen molar-refractivity contribution in [1.82, 2.24) is 5.32 Å². The van der Waals surface area contributed by atoms with Crippen molar-refractivity contribution in [1.29, 1.82) is 0 Å². The molecular weight excluding hydrogens is 335 g/mol. The van der Waals surface area contributed by atoms with Crippen molar-refractivity contribution in [2.75, 3.05) is 21.3 Å². The molecule has 2 aromatic carbocycles. The first-order valence-electron chi connectivity index (χ1n) is 7.54. The van der Waals surface area contributed by atoms with E-state index in [0.717, 1.165) is 17.7 Å². The number of methoxy groups -OCH3 is 3. The summed E-state index contributed by atoms with van der Waals surface area (Å²) in [4.78, 5) is 0. The third-order valence-electron chi connectivity index (χ3n) is 3.69. The van der Waals surface area contributed by atoms with Crippen LogP contribution in [-0.2, 0) is 19.3 Å². The zero-order chi connectivity index (χ0) is 18.4. The van der Waals surface area contributed by atoms with Crippen LogP contribution in [0.25, 0.3) is 0 Å². The molecule has 0 spiro atoms. The van der Waals surface area contributed by atoms with E-state index in [9.17, 15) is 13.2 Å². The quantitative estimate of drug-likeness (QED) is 0.814. The summed E-state index contributed by atoms with van der Waals surface area (Å²) < 4.78 is 54.0. The van der Waals surface area contributed by atoms with Gasteiger partial charge in [-0.1, -0.05) is 18.2 Å². The van der Waals surface area contributed by atoms with Crippen LogP contribution in [0.4, 0.5) is 13.2 Å². The molecular formula is C18H20F3NO3. The first-order valence-corrected chi connectivity index (χ1v) is 7.54. The first kappa shape index (κ1) is 18.9. The highest BCUT2D eigenvalue weighted by Crippen LogP contribution is 2.34. The third kappa shape index (κ3) is 4.79. The van der Waals surface area contributed by atoms with Crippen molar-refractivity contribution in [3.8, 4) is 17.2 Å². The summed E-state index contributed by atoms with van der Waals surface area (Å²) in [7, 11) is 4.60. The number of alkyl halides is 3. The molecule has 0 aromatic heterocycles. The van der Waals surface area contributed by atoms with Gasteiger partial charge in [0.05, 0.1) is 26.9 Å². The molecule has 0 heterocycles. The van der Waals surface area contributed by atoms with Gasteiger partial charge in [0, 0.05) is 24.7 Å². The molecule has 7 heteroatoms. The average Bonchev–Trinajstić information content (AvgIpc) is 2.60. The van der Waals surface area contributed by atoms with E-state index < -0.39 is 11.7 Å². The second kappa shape index (κ2) is 8.11. The van der Waals surface area contributed by atoms with Crippen molar-refractivity contribution < 1.29 is 27.4 Å². The van der Waals surface area contributed by atoms with Gasteiger partial charge in [-0.3, -0.25) is 0 Å². The highest BCUT2D eigenvalue weighted by atomic mass is 19.4. The van der Waals surface area contributed by atoms with Crippen molar-refractivity contribution >= 4 is 0 Å². The Morgan fingerprint density at radius 1 is 0.840 bits per heavy atom. The van der Waals surface area contributed by atoms with E-state index in [1.165, 1.54) is 27.4 Å². The van der Waals surface area contributed by atoms with E-state index in [-0.39, 0.29) is 0 Å². The molecule has 136 valence electrons. The number of rotatable bonds is 7. The molecule has 0 unspecified atom stereocenters. The van der Waals surface area contributed by atoms with E-state index in [4.69, 9.17) is 14.2 Å². The Kier molecular flexibility index (Phi) is 6.14. The van der Waals surface area contributed by atoms with E-state index in [1.54, 1.807) is 18.2 Å². The second-order valence-electron chi connectivity index (χ2n) is 5.32. The Labute approximate surface area is 144 Å². The number of hydrogen-bond acceptors (Lipinski definition) is 4. The molecule has 2 rings (SSSR count). The monoisotopic (exact) mass is 355 g/mol. The van der Waals surface area contributed by atoms with Gasteiger partial charge in [0.25, 0.3) is 0 Å². The normalized spacial score (nSPS) is 11.3. The third-order valence-corrected chi connectivity index (χ3v) is 3.69. The maximum atomic E-state index is 12.7. The first-order chi connectivity index (χ1) is 11.9. The molecule has 0 bridgehead atoms. The fraction of sp³-hybridized carbons (Fsp3) is 0.333. The van der Waals surface area contributed by atoms with Crippen molar-refractivity contribution in [3.63, 3.8) is 0 Å². The van der Waals surface area contributed by atoms with Gasteiger partial charge in [0.1, 0.15) is 5.75 Å². The van der Waals surface area contributed by atoms with E-state index >= 15 is 0 Å². The zero-order valence-corrected chi connectivity index (χ0v) is 14.2. The molecule has 0 aliphatic carbocycles. The van der Waals surface area contributed by atoms with Crippen LogP contribution in [0.3, 0.4) is 0 Å². The summed E-state index contributed by atoms with van der Waals surface area (Å²) in [5, 5.41) is 3.12. The van der Waals surface area contributed by atoms with E-state index in [1.807, 2.05) is 0 Å². The summed E-state index contributed by atoms with van der Waals surface area (Å²) in [6.45, 7) is 0.696.